The highest BCUT2D eigenvalue weighted by Crippen LogP contribution is 2.13. The molecule has 0 aromatic rings. The van der Waals surface area contributed by atoms with E-state index in [1.807, 2.05) is 0 Å². The summed E-state index contributed by atoms with van der Waals surface area (Å²) in [7, 11) is 0. The summed E-state index contributed by atoms with van der Waals surface area (Å²) in [4.78, 5) is 0. The van der Waals surface area contributed by atoms with Crippen LogP contribution in [0.15, 0.2) is 11.1 Å². The molecule has 1 rings (SSSR count). The molecule has 0 aliphatic carbocycles. The van der Waals surface area contributed by atoms with E-state index in [4.69, 9.17) is 0 Å². The van der Waals surface area contributed by atoms with E-state index in [1.54, 1.807) is 11.1 Å². The van der Waals surface area contributed by atoms with Crippen molar-refractivity contribution in [1.29, 1.82) is 0 Å². The van der Waals surface area contributed by atoms with E-state index < -0.39 is 0 Å². The molecule has 58 valence electrons. The second-order valence-corrected chi connectivity index (χ2v) is 3.16. The van der Waals surface area contributed by atoms with Gasteiger partial charge in [0.05, 0.1) is 0 Å². The van der Waals surface area contributed by atoms with Gasteiger partial charge in [-0.15, -0.1) is 0 Å². The smallest absolute Gasteiger partial charge is 0.00116 e. The maximum Gasteiger partial charge on any atom is -0.00116 e. The number of hydrogen-bond acceptors (Lipinski definition) is 1. The van der Waals surface area contributed by atoms with E-state index in [-0.39, 0.29) is 0 Å². The van der Waals surface area contributed by atoms with E-state index in [9.17, 15) is 0 Å². The SMILES string of the molecule is CC1=C(C)CCNCCC1. The van der Waals surface area contributed by atoms with Crippen LogP contribution in [0, 0.1) is 0 Å². The van der Waals surface area contributed by atoms with E-state index in [2.05, 4.69) is 19.2 Å². The zero-order valence-corrected chi connectivity index (χ0v) is 7.04. The van der Waals surface area contributed by atoms with Gasteiger partial charge in [0.25, 0.3) is 0 Å². The fourth-order valence-electron chi connectivity index (χ4n) is 1.31. The Morgan fingerprint density at radius 2 is 1.70 bits per heavy atom. The summed E-state index contributed by atoms with van der Waals surface area (Å²) in [6.45, 7) is 6.89. The van der Waals surface area contributed by atoms with Gasteiger partial charge in [0, 0.05) is 0 Å². The third-order valence-corrected chi connectivity index (χ3v) is 2.31. The summed E-state index contributed by atoms with van der Waals surface area (Å²) in [5.41, 5.74) is 3.20. The Morgan fingerprint density at radius 3 is 2.50 bits per heavy atom. The molecule has 0 aromatic carbocycles. The van der Waals surface area contributed by atoms with Crippen molar-refractivity contribution in [3.8, 4) is 0 Å². The molecule has 1 aliphatic rings. The lowest BCUT2D eigenvalue weighted by Gasteiger charge is -2.12. The standard InChI is InChI=1S/C9H17N/c1-8-4-3-6-10-7-5-9(8)2/h10H,3-7H2,1-2H3. The minimum atomic E-state index is 1.17. The monoisotopic (exact) mass is 139 g/mol. The predicted molar refractivity (Wildman–Crippen MR) is 45.1 cm³/mol. The van der Waals surface area contributed by atoms with Crippen LogP contribution in [0.25, 0.3) is 0 Å². The van der Waals surface area contributed by atoms with Crippen LogP contribution in [0.1, 0.15) is 33.1 Å². The van der Waals surface area contributed by atoms with Gasteiger partial charge in [0.1, 0.15) is 0 Å². The van der Waals surface area contributed by atoms with Crippen LogP contribution in [0.5, 0.6) is 0 Å². The van der Waals surface area contributed by atoms with Crippen LogP contribution < -0.4 is 5.32 Å². The van der Waals surface area contributed by atoms with Crippen molar-refractivity contribution in [1.82, 2.24) is 5.32 Å². The molecule has 0 radical (unpaired) electrons. The Balaban J connectivity index is 2.51. The van der Waals surface area contributed by atoms with Crippen LogP contribution in [0.4, 0.5) is 0 Å². The first-order valence-corrected chi connectivity index (χ1v) is 4.16. The van der Waals surface area contributed by atoms with Crippen LogP contribution in [0.3, 0.4) is 0 Å². The first-order chi connectivity index (χ1) is 4.80. The Morgan fingerprint density at radius 1 is 1.00 bits per heavy atom. The lowest BCUT2D eigenvalue weighted by Crippen LogP contribution is -2.19. The normalized spacial score (nSPS) is 22.2. The van der Waals surface area contributed by atoms with Crippen molar-refractivity contribution in [3.63, 3.8) is 0 Å². The van der Waals surface area contributed by atoms with Gasteiger partial charge in [0.15, 0.2) is 0 Å². The summed E-state index contributed by atoms with van der Waals surface area (Å²) in [6, 6.07) is 0. The van der Waals surface area contributed by atoms with E-state index in [0.29, 0.717) is 0 Å². The van der Waals surface area contributed by atoms with Crippen LogP contribution in [-0.4, -0.2) is 13.1 Å². The van der Waals surface area contributed by atoms with Gasteiger partial charge in [-0.25, -0.2) is 0 Å². The highest BCUT2D eigenvalue weighted by molar-refractivity contribution is 5.10. The Bertz CT molecular complexity index is 120. The summed E-state index contributed by atoms with van der Waals surface area (Å²) < 4.78 is 0. The minimum Gasteiger partial charge on any atom is -0.316 e. The summed E-state index contributed by atoms with van der Waals surface area (Å²) in [6.07, 6.45) is 3.84. The maximum atomic E-state index is 3.40. The lowest BCUT2D eigenvalue weighted by molar-refractivity contribution is 0.620. The second-order valence-electron chi connectivity index (χ2n) is 3.16. The van der Waals surface area contributed by atoms with Crippen LogP contribution in [0.2, 0.25) is 0 Å². The van der Waals surface area contributed by atoms with Crippen molar-refractivity contribution < 1.29 is 0 Å². The average molecular weight is 139 g/mol. The lowest BCUT2D eigenvalue weighted by atomic mass is 10.0. The number of hydrogen-bond donors (Lipinski definition) is 1. The third kappa shape index (κ3) is 2.14. The Labute approximate surface area is 63.5 Å². The van der Waals surface area contributed by atoms with Crippen molar-refractivity contribution >= 4 is 0 Å². The maximum absolute atomic E-state index is 3.40. The molecule has 1 nitrogen and oxygen atoms in total. The van der Waals surface area contributed by atoms with E-state index >= 15 is 0 Å². The molecular weight excluding hydrogens is 122 g/mol. The molecule has 0 amide bonds. The minimum absolute atomic E-state index is 1.17. The molecule has 0 spiro atoms. The molecule has 1 heterocycles. The van der Waals surface area contributed by atoms with Crippen LogP contribution in [-0.2, 0) is 0 Å². The van der Waals surface area contributed by atoms with Gasteiger partial charge < -0.3 is 5.32 Å². The quantitative estimate of drug-likeness (QED) is 0.507. The van der Waals surface area contributed by atoms with Gasteiger partial charge in [-0.3, -0.25) is 0 Å². The first-order valence-electron chi connectivity index (χ1n) is 4.16. The van der Waals surface area contributed by atoms with E-state index in [1.165, 1.54) is 32.4 Å². The second kappa shape index (κ2) is 3.77. The molecule has 1 aliphatic heterocycles. The van der Waals surface area contributed by atoms with Crippen molar-refractivity contribution in [2.45, 2.75) is 33.1 Å². The molecule has 0 aromatic heterocycles. The molecule has 0 atom stereocenters. The van der Waals surface area contributed by atoms with Gasteiger partial charge >= 0.3 is 0 Å². The topological polar surface area (TPSA) is 12.0 Å². The highest BCUT2D eigenvalue weighted by Gasteiger charge is 2.00. The van der Waals surface area contributed by atoms with Crippen molar-refractivity contribution in [3.05, 3.63) is 11.1 Å². The zero-order valence-electron chi connectivity index (χ0n) is 7.04. The molecule has 0 bridgehead atoms. The van der Waals surface area contributed by atoms with Crippen molar-refractivity contribution in [2.24, 2.45) is 0 Å². The largest absolute Gasteiger partial charge is 0.316 e. The number of nitrogens with one attached hydrogen (secondary N) is 1. The van der Waals surface area contributed by atoms with Gasteiger partial charge in [-0.05, 0) is 46.2 Å². The predicted octanol–water partition coefficient (Wildman–Crippen LogP) is 2.10. The zero-order chi connectivity index (χ0) is 7.40. The molecular formula is C9H17N. The highest BCUT2D eigenvalue weighted by atomic mass is 14.8. The molecule has 1 N–H and O–H groups in total. The number of rotatable bonds is 0. The number of allylic oxidation sites excluding steroid dienone is 1. The van der Waals surface area contributed by atoms with Crippen molar-refractivity contribution in [2.75, 3.05) is 13.1 Å². The third-order valence-electron chi connectivity index (χ3n) is 2.31. The molecule has 0 saturated carbocycles. The van der Waals surface area contributed by atoms with E-state index in [0.717, 1.165) is 0 Å². The van der Waals surface area contributed by atoms with Gasteiger partial charge in [0.2, 0.25) is 0 Å². The summed E-state index contributed by atoms with van der Waals surface area (Å²) in [5.74, 6) is 0. The Kier molecular flexibility index (Phi) is 2.94. The molecule has 0 fully saturated rings. The Hall–Kier alpha value is -0.300. The molecule has 10 heavy (non-hydrogen) atoms. The fourth-order valence-corrected chi connectivity index (χ4v) is 1.31. The average Bonchev–Trinajstić information content (AvgIpc) is 1.92. The van der Waals surface area contributed by atoms with Gasteiger partial charge in [-0.2, -0.15) is 0 Å². The molecule has 0 saturated heterocycles. The first kappa shape index (κ1) is 7.80. The summed E-state index contributed by atoms with van der Waals surface area (Å²) >= 11 is 0. The molecule has 0 unspecified atom stereocenters. The fraction of sp³-hybridized carbons (Fsp3) is 0.778. The van der Waals surface area contributed by atoms with Gasteiger partial charge in [-0.1, -0.05) is 11.1 Å². The van der Waals surface area contributed by atoms with Crippen LogP contribution >= 0.6 is 0 Å². The summed E-state index contributed by atoms with van der Waals surface area (Å²) in [5, 5.41) is 3.40. The molecule has 1 heteroatoms.